The van der Waals surface area contributed by atoms with Gasteiger partial charge in [-0.15, -0.1) is 0 Å². The highest BCUT2D eigenvalue weighted by molar-refractivity contribution is 5.26. The zero-order chi connectivity index (χ0) is 15.3. The molecule has 0 saturated heterocycles. The second-order valence-electron chi connectivity index (χ2n) is 7.20. The predicted octanol–water partition coefficient (Wildman–Crippen LogP) is 3.95. The van der Waals surface area contributed by atoms with Gasteiger partial charge in [0.05, 0.1) is 0 Å². The maximum atomic E-state index is 11.4. The van der Waals surface area contributed by atoms with E-state index in [2.05, 4.69) is 31.1 Å². The molecule has 1 atom stereocenters. The van der Waals surface area contributed by atoms with Crippen molar-refractivity contribution in [2.24, 2.45) is 5.41 Å². The van der Waals surface area contributed by atoms with E-state index >= 15 is 0 Å². The Morgan fingerprint density at radius 3 is 2.90 bits per heavy atom. The molecule has 0 bridgehead atoms. The first kappa shape index (κ1) is 16.3. The first-order valence-electron chi connectivity index (χ1n) is 8.47. The topological polar surface area (TPSA) is 44.9 Å². The molecule has 1 aliphatic rings. The van der Waals surface area contributed by atoms with Gasteiger partial charge in [0.25, 0.3) is 0 Å². The summed E-state index contributed by atoms with van der Waals surface area (Å²) < 4.78 is 0. The standard InChI is InChI=1S/C18H30N2O/c1-4-5-6-12-18(2,3)13-19-15-8-7-9-16-14(15)10-11-17(21)20-16/h10-11,15,19H,4-9,12-13H2,1-3H3,(H,20,21). The van der Waals surface area contributed by atoms with Crippen LogP contribution in [0.3, 0.4) is 0 Å². The third-order valence-electron chi connectivity index (χ3n) is 4.62. The molecule has 1 aromatic rings. The fourth-order valence-corrected chi connectivity index (χ4v) is 3.25. The van der Waals surface area contributed by atoms with Crippen molar-refractivity contribution in [1.82, 2.24) is 10.3 Å². The van der Waals surface area contributed by atoms with E-state index in [1.165, 1.54) is 37.7 Å². The summed E-state index contributed by atoms with van der Waals surface area (Å²) in [5.74, 6) is 0. The summed E-state index contributed by atoms with van der Waals surface area (Å²) in [6.45, 7) is 8.00. The van der Waals surface area contributed by atoms with Gasteiger partial charge >= 0.3 is 0 Å². The minimum absolute atomic E-state index is 0.0225. The molecule has 1 heterocycles. The molecule has 21 heavy (non-hydrogen) atoms. The van der Waals surface area contributed by atoms with Crippen LogP contribution in [0.1, 0.15) is 76.6 Å². The van der Waals surface area contributed by atoms with E-state index in [0.717, 1.165) is 25.1 Å². The summed E-state index contributed by atoms with van der Waals surface area (Å²) in [5, 5.41) is 3.74. The SMILES string of the molecule is CCCCCC(C)(C)CNC1CCCc2[nH]c(=O)ccc21. The summed E-state index contributed by atoms with van der Waals surface area (Å²) in [4.78, 5) is 14.4. The summed E-state index contributed by atoms with van der Waals surface area (Å²) in [6, 6.07) is 4.07. The summed E-state index contributed by atoms with van der Waals surface area (Å²) in [5.41, 5.74) is 2.80. The summed E-state index contributed by atoms with van der Waals surface area (Å²) in [7, 11) is 0. The van der Waals surface area contributed by atoms with Gasteiger partial charge in [-0.2, -0.15) is 0 Å². The van der Waals surface area contributed by atoms with Gasteiger partial charge in [0.1, 0.15) is 0 Å². The number of aryl methyl sites for hydroxylation is 1. The molecule has 1 aliphatic carbocycles. The molecule has 0 aromatic carbocycles. The number of rotatable bonds is 7. The molecule has 0 saturated carbocycles. The summed E-state index contributed by atoms with van der Waals surface area (Å²) in [6.07, 6.45) is 8.54. The Labute approximate surface area is 128 Å². The van der Waals surface area contributed by atoms with Crippen molar-refractivity contribution in [2.45, 2.75) is 71.8 Å². The molecule has 2 N–H and O–H groups in total. The van der Waals surface area contributed by atoms with Crippen molar-refractivity contribution in [2.75, 3.05) is 6.54 Å². The lowest BCUT2D eigenvalue weighted by Crippen LogP contribution is -2.34. The molecule has 0 spiro atoms. The van der Waals surface area contributed by atoms with Gasteiger partial charge in [0.15, 0.2) is 0 Å². The predicted molar refractivity (Wildman–Crippen MR) is 88.7 cm³/mol. The van der Waals surface area contributed by atoms with Gasteiger partial charge in [0, 0.05) is 24.3 Å². The molecule has 0 fully saturated rings. The lowest BCUT2D eigenvalue weighted by Gasteiger charge is -2.31. The fraction of sp³-hybridized carbons (Fsp3) is 0.722. The van der Waals surface area contributed by atoms with Crippen LogP contribution >= 0.6 is 0 Å². The minimum atomic E-state index is 0.0225. The highest BCUT2D eigenvalue weighted by Gasteiger charge is 2.24. The third kappa shape index (κ3) is 4.70. The first-order chi connectivity index (χ1) is 10.0. The van der Waals surface area contributed by atoms with Crippen LogP contribution in [0.15, 0.2) is 16.9 Å². The van der Waals surface area contributed by atoms with Gasteiger partial charge in [-0.05, 0) is 36.7 Å². The summed E-state index contributed by atoms with van der Waals surface area (Å²) >= 11 is 0. The van der Waals surface area contributed by atoms with Crippen molar-refractivity contribution < 1.29 is 0 Å². The number of aromatic nitrogens is 1. The maximum Gasteiger partial charge on any atom is 0.248 e. The largest absolute Gasteiger partial charge is 0.326 e. The molecule has 118 valence electrons. The number of unbranched alkanes of at least 4 members (excludes halogenated alkanes) is 2. The molecule has 1 aromatic heterocycles. The van der Waals surface area contributed by atoms with Crippen LogP contribution in [0.5, 0.6) is 0 Å². The Balaban J connectivity index is 1.94. The second kappa shape index (κ2) is 7.26. The number of hydrogen-bond acceptors (Lipinski definition) is 2. The van der Waals surface area contributed by atoms with Gasteiger partial charge < -0.3 is 10.3 Å². The van der Waals surface area contributed by atoms with E-state index in [0.29, 0.717) is 11.5 Å². The molecule has 2 rings (SSSR count). The normalized spacial score (nSPS) is 18.5. The Kier molecular flexibility index (Phi) is 5.63. The molecule has 0 amide bonds. The van der Waals surface area contributed by atoms with Gasteiger partial charge in [-0.1, -0.05) is 46.1 Å². The number of fused-ring (bicyclic) bond motifs is 1. The molecule has 0 radical (unpaired) electrons. The van der Waals surface area contributed by atoms with Crippen molar-refractivity contribution in [3.05, 3.63) is 33.7 Å². The maximum absolute atomic E-state index is 11.4. The smallest absolute Gasteiger partial charge is 0.248 e. The van der Waals surface area contributed by atoms with Crippen LogP contribution in [0.2, 0.25) is 0 Å². The number of aromatic amines is 1. The first-order valence-corrected chi connectivity index (χ1v) is 8.47. The Bertz CT molecular complexity index is 504. The second-order valence-corrected chi connectivity index (χ2v) is 7.20. The number of H-pyrrole nitrogens is 1. The van der Waals surface area contributed by atoms with Crippen molar-refractivity contribution in [3.8, 4) is 0 Å². The van der Waals surface area contributed by atoms with Gasteiger partial charge in [-0.3, -0.25) is 4.79 Å². The molecular formula is C18H30N2O. The Hall–Kier alpha value is -1.09. The quantitative estimate of drug-likeness (QED) is 0.747. The molecular weight excluding hydrogens is 260 g/mol. The highest BCUT2D eigenvalue weighted by Crippen LogP contribution is 2.29. The van der Waals surface area contributed by atoms with Crippen LogP contribution in [-0.2, 0) is 6.42 Å². The zero-order valence-electron chi connectivity index (χ0n) is 13.8. The molecule has 3 nitrogen and oxygen atoms in total. The van der Waals surface area contributed by atoms with Crippen LogP contribution in [0.4, 0.5) is 0 Å². The monoisotopic (exact) mass is 290 g/mol. The van der Waals surface area contributed by atoms with E-state index in [4.69, 9.17) is 0 Å². The van der Waals surface area contributed by atoms with Crippen molar-refractivity contribution >= 4 is 0 Å². The third-order valence-corrected chi connectivity index (χ3v) is 4.62. The number of pyridine rings is 1. The Morgan fingerprint density at radius 2 is 2.14 bits per heavy atom. The van der Waals surface area contributed by atoms with E-state index in [1.807, 2.05) is 6.07 Å². The van der Waals surface area contributed by atoms with Crippen LogP contribution in [0.25, 0.3) is 0 Å². The molecule has 0 aliphatic heterocycles. The zero-order valence-corrected chi connectivity index (χ0v) is 13.8. The number of hydrogen-bond donors (Lipinski definition) is 2. The van der Waals surface area contributed by atoms with Crippen LogP contribution < -0.4 is 10.9 Å². The van der Waals surface area contributed by atoms with Crippen molar-refractivity contribution in [3.63, 3.8) is 0 Å². The lowest BCUT2D eigenvalue weighted by molar-refractivity contribution is 0.279. The van der Waals surface area contributed by atoms with Crippen LogP contribution in [0, 0.1) is 5.41 Å². The molecule has 3 heteroatoms. The Morgan fingerprint density at radius 1 is 1.33 bits per heavy atom. The van der Waals surface area contributed by atoms with E-state index in [9.17, 15) is 4.79 Å². The van der Waals surface area contributed by atoms with E-state index < -0.39 is 0 Å². The van der Waals surface area contributed by atoms with E-state index in [-0.39, 0.29) is 5.56 Å². The number of nitrogens with one attached hydrogen (secondary N) is 2. The highest BCUT2D eigenvalue weighted by atomic mass is 16.1. The van der Waals surface area contributed by atoms with Gasteiger partial charge in [0.2, 0.25) is 5.56 Å². The molecule has 1 unspecified atom stereocenters. The average Bonchev–Trinajstić information content (AvgIpc) is 2.45. The van der Waals surface area contributed by atoms with Crippen LogP contribution in [-0.4, -0.2) is 11.5 Å². The fourth-order valence-electron chi connectivity index (χ4n) is 3.25. The van der Waals surface area contributed by atoms with Gasteiger partial charge in [-0.25, -0.2) is 0 Å². The minimum Gasteiger partial charge on any atom is -0.326 e. The van der Waals surface area contributed by atoms with Crippen molar-refractivity contribution in [1.29, 1.82) is 0 Å². The van der Waals surface area contributed by atoms with E-state index in [1.54, 1.807) is 6.07 Å². The lowest BCUT2D eigenvalue weighted by atomic mass is 9.85. The average molecular weight is 290 g/mol.